The number of ether oxygens (including phenoxy) is 1. The third-order valence-electron chi connectivity index (χ3n) is 2.07. The van der Waals surface area contributed by atoms with Gasteiger partial charge in [0.25, 0.3) is 0 Å². The average Bonchev–Trinajstić information content (AvgIpc) is 2.16. The Hall–Kier alpha value is -1.02. The van der Waals surface area contributed by atoms with E-state index in [4.69, 9.17) is 16.3 Å². The first-order chi connectivity index (χ1) is 7.04. The molecule has 0 amide bonds. The van der Waals surface area contributed by atoms with Gasteiger partial charge in [-0.25, -0.2) is 0 Å². The van der Waals surface area contributed by atoms with Crippen molar-refractivity contribution < 1.29 is 9.53 Å². The minimum absolute atomic E-state index is 0.120. The summed E-state index contributed by atoms with van der Waals surface area (Å²) >= 11 is 5.93. The highest BCUT2D eigenvalue weighted by atomic mass is 35.5. The molecule has 0 bridgehead atoms. The molecule has 1 rings (SSSR count). The van der Waals surface area contributed by atoms with E-state index in [9.17, 15) is 4.79 Å². The van der Waals surface area contributed by atoms with Crippen LogP contribution in [-0.2, 0) is 0 Å². The van der Waals surface area contributed by atoms with Crippen LogP contribution < -0.4 is 4.74 Å². The zero-order valence-electron chi connectivity index (χ0n) is 9.21. The second kappa shape index (κ2) is 5.17. The number of Topliss-reactive ketones (excluding diaryl/α,β-unsaturated/α-hetero) is 1. The van der Waals surface area contributed by atoms with Gasteiger partial charge in [-0.2, -0.15) is 0 Å². The Balaban J connectivity index is 2.87. The first kappa shape index (κ1) is 12.1. The molecule has 0 saturated heterocycles. The van der Waals surface area contributed by atoms with Crippen LogP contribution in [-0.4, -0.2) is 12.9 Å². The van der Waals surface area contributed by atoms with Crippen molar-refractivity contribution in [2.75, 3.05) is 7.11 Å². The Kier molecular flexibility index (Phi) is 4.15. The normalized spacial score (nSPS) is 10.5. The summed E-state index contributed by atoms with van der Waals surface area (Å²) in [5.74, 6) is 1.07. The van der Waals surface area contributed by atoms with Crippen LogP contribution in [0, 0.1) is 5.92 Å². The summed E-state index contributed by atoms with van der Waals surface area (Å²) in [5.41, 5.74) is 0.648. The molecule has 2 nitrogen and oxygen atoms in total. The SMILES string of the molecule is COc1ccc(C(=O)CC(C)C)cc1Cl. The van der Waals surface area contributed by atoms with Gasteiger partial charge in [0.15, 0.2) is 5.78 Å². The molecule has 1 aromatic carbocycles. The van der Waals surface area contributed by atoms with Crippen molar-refractivity contribution in [1.29, 1.82) is 0 Å². The second-order valence-corrected chi connectivity index (χ2v) is 4.28. The minimum atomic E-state index is 0.120. The van der Waals surface area contributed by atoms with Gasteiger partial charge in [-0.05, 0) is 24.1 Å². The lowest BCUT2D eigenvalue weighted by Gasteiger charge is -2.06. The van der Waals surface area contributed by atoms with Crippen LogP contribution in [0.5, 0.6) is 5.75 Å². The minimum Gasteiger partial charge on any atom is -0.495 e. The van der Waals surface area contributed by atoms with Crippen molar-refractivity contribution in [3.05, 3.63) is 28.8 Å². The topological polar surface area (TPSA) is 26.3 Å². The molecule has 0 aliphatic rings. The predicted octanol–water partition coefficient (Wildman–Crippen LogP) is 3.58. The van der Waals surface area contributed by atoms with Gasteiger partial charge in [0.2, 0.25) is 0 Å². The van der Waals surface area contributed by atoms with E-state index >= 15 is 0 Å². The second-order valence-electron chi connectivity index (χ2n) is 3.87. The number of rotatable bonds is 4. The van der Waals surface area contributed by atoms with Gasteiger partial charge in [-0.15, -0.1) is 0 Å². The number of carbonyl (C=O) groups excluding carboxylic acids is 1. The smallest absolute Gasteiger partial charge is 0.163 e. The molecule has 0 spiro atoms. The van der Waals surface area contributed by atoms with Crippen LogP contribution in [0.1, 0.15) is 30.6 Å². The van der Waals surface area contributed by atoms with Crippen molar-refractivity contribution in [1.82, 2.24) is 0 Å². The van der Waals surface area contributed by atoms with E-state index in [0.29, 0.717) is 28.7 Å². The first-order valence-corrected chi connectivity index (χ1v) is 5.29. The van der Waals surface area contributed by atoms with E-state index in [1.807, 2.05) is 13.8 Å². The summed E-state index contributed by atoms with van der Waals surface area (Å²) in [6.07, 6.45) is 0.544. The van der Waals surface area contributed by atoms with E-state index < -0.39 is 0 Å². The molecule has 0 aliphatic heterocycles. The highest BCUT2D eigenvalue weighted by molar-refractivity contribution is 6.32. The molecule has 0 radical (unpaired) electrons. The fourth-order valence-electron chi connectivity index (χ4n) is 1.33. The van der Waals surface area contributed by atoms with Crippen molar-refractivity contribution in [3.63, 3.8) is 0 Å². The molecule has 0 heterocycles. The summed E-state index contributed by atoms with van der Waals surface area (Å²) in [6.45, 7) is 4.03. The maximum absolute atomic E-state index is 11.7. The fraction of sp³-hybridized carbons (Fsp3) is 0.417. The lowest BCUT2D eigenvalue weighted by Crippen LogP contribution is -2.03. The maximum atomic E-state index is 11.7. The van der Waals surface area contributed by atoms with E-state index in [-0.39, 0.29) is 5.78 Å². The third-order valence-corrected chi connectivity index (χ3v) is 2.36. The number of hydrogen-bond acceptors (Lipinski definition) is 2. The monoisotopic (exact) mass is 226 g/mol. The molecule has 0 fully saturated rings. The van der Waals surface area contributed by atoms with E-state index in [0.717, 1.165) is 0 Å². The van der Waals surface area contributed by atoms with Gasteiger partial charge in [-0.1, -0.05) is 25.4 Å². The zero-order valence-corrected chi connectivity index (χ0v) is 9.97. The fourth-order valence-corrected chi connectivity index (χ4v) is 1.59. The summed E-state index contributed by atoms with van der Waals surface area (Å²) in [4.78, 5) is 11.7. The molecule has 82 valence electrons. The Morgan fingerprint density at radius 2 is 2.13 bits per heavy atom. The Morgan fingerprint density at radius 1 is 1.47 bits per heavy atom. The number of methoxy groups -OCH3 is 1. The largest absolute Gasteiger partial charge is 0.495 e. The van der Waals surface area contributed by atoms with Crippen molar-refractivity contribution in [2.45, 2.75) is 20.3 Å². The van der Waals surface area contributed by atoms with Gasteiger partial charge >= 0.3 is 0 Å². The Labute approximate surface area is 95.2 Å². The van der Waals surface area contributed by atoms with Crippen LogP contribution in [0.25, 0.3) is 0 Å². The maximum Gasteiger partial charge on any atom is 0.163 e. The summed E-state index contributed by atoms with van der Waals surface area (Å²) in [7, 11) is 1.55. The van der Waals surface area contributed by atoms with Crippen LogP contribution in [0.2, 0.25) is 5.02 Å². The highest BCUT2D eigenvalue weighted by Gasteiger charge is 2.10. The summed E-state index contributed by atoms with van der Waals surface area (Å²) in [5, 5.41) is 0.479. The molecule has 0 atom stereocenters. The number of halogens is 1. The number of ketones is 1. The molecule has 0 unspecified atom stereocenters. The van der Waals surface area contributed by atoms with Crippen molar-refractivity contribution >= 4 is 17.4 Å². The predicted molar refractivity (Wildman–Crippen MR) is 61.8 cm³/mol. The van der Waals surface area contributed by atoms with E-state index in [1.165, 1.54) is 0 Å². The van der Waals surface area contributed by atoms with Crippen LogP contribution in [0.15, 0.2) is 18.2 Å². The standard InChI is InChI=1S/C12H15ClO2/c1-8(2)6-11(14)9-4-5-12(15-3)10(13)7-9/h4-5,7-8H,6H2,1-3H3. The molecule has 1 aromatic rings. The average molecular weight is 227 g/mol. The lowest BCUT2D eigenvalue weighted by atomic mass is 10.0. The summed E-state index contributed by atoms with van der Waals surface area (Å²) < 4.78 is 5.02. The molecular formula is C12H15ClO2. The number of hydrogen-bond donors (Lipinski definition) is 0. The van der Waals surface area contributed by atoms with Gasteiger partial charge in [0.05, 0.1) is 12.1 Å². The van der Waals surface area contributed by atoms with Crippen molar-refractivity contribution in [2.24, 2.45) is 5.92 Å². The molecular weight excluding hydrogens is 212 g/mol. The zero-order chi connectivity index (χ0) is 11.4. The van der Waals surface area contributed by atoms with E-state index in [2.05, 4.69) is 0 Å². The molecule has 3 heteroatoms. The number of benzene rings is 1. The molecule has 0 aromatic heterocycles. The Morgan fingerprint density at radius 3 is 2.60 bits per heavy atom. The lowest BCUT2D eigenvalue weighted by molar-refractivity contribution is 0.0968. The molecule has 0 aliphatic carbocycles. The molecule has 15 heavy (non-hydrogen) atoms. The molecule has 0 saturated carbocycles. The highest BCUT2D eigenvalue weighted by Crippen LogP contribution is 2.25. The van der Waals surface area contributed by atoms with Crippen LogP contribution in [0.4, 0.5) is 0 Å². The van der Waals surface area contributed by atoms with Gasteiger partial charge in [0, 0.05) is 12.0 Å². The summed E-state index contributed by atoms with van der Waals surface area (Å²) in [6, 6.07) is 5.12. The van der Waals surface area contributed by atoms with E-state index in [1.54, 1.807) is 25.3 Å². The first-order valence-electron chi connectivity index (χ1n) is 4.91. The Bertz CT molecular complexity index is 359. The van der Waals surface area contributed by atoms with Crippen molar-refractivity contribution in [3.8, 4) is 5.75 Å². The quantitative estimate of drug-likeness (QED) is 0.734. The number of carbonyl (C=O) groups is 1. The van der Waals surface area contributed by atoms with Gasteiger partial charge in [0.1, 0.15) is 5.75 Å². The van der Waals surface area contributed by atoms with Crippen LogP contribution in [0.3, 0.4) is 0 Å². The van der Waals surface area contributed by atoms with Crippen LogP contribution >= 0.6 is 11.6 Å². The van der Waals surface area contributed by atoms with Gasteiger partial charge in [-0.3, -0.25) is 4.79 Å². The third kappa shape index (κ3) is 3.24. The van der Waals surface area contributed by atoms with Gasteiger partial charge < -0.3 is 4.74 Å². The molecule has 0 N–H and O–H groups in total.